The van der Waals surface area contributed by atoms with Crippen LogP contribution in [0.4, 0.5) is 0 Å². The zero-order chi connectivity index (χ0) is 17.8. The molecule has 1 aliphatic heterocycles. The standard InChI is InChI=1S/C19H19BrN2O3/c1-25-17-6-5-13-7-8-22(12-15(13)10-17)18(23)11-21-19(24)14-3-2-4-16(20)9-14/h2-6,9-10H,7-8,11-12H2,1H3,(H,21,24). The predicted octanol–water partition coefficient (Wildman–Crippen LogP) is 2.77. The third-order valence-electron chi connectivity index (χ3n) is 4.27. The van der Waals surface area contributed by atoms with Gasteiger partial charge >= 0.3 is 0 Å². The van der Waals surface area contributed by atoms with E-state index in [9.17, 15) is 9.59 Å². The zero-order valence-electron chi connectivity index (χ0n) is 13.9. The number of carbonyl (C=O) groups excluding carboxylic acids is 2. The van der Waals surface area contributed by atoms with Crippen LogP contribution < -0.4 is 10.1 Å². The summed E-state index contributed by atoms with van der Waals surface area (Å²) in [6, 6.07) is 13.0. The highest BCUT2D eigenvalue weighted by Crippen LogP contribution is 2.23. The summed E-state index contributed by atoms with van der Waals surface area (Å²) in [5.74, 6) is 0.446. The molecule has 0 spiro atoms. The molecule has 2 amide bonds. The van der Waals surface area contributed by atoms with Crippen LogP contribution in [0.2, 0.25) is 0 Å². The first-order chi connectivity index (χ1) is 12.1. The molecule has 6 heteroatoms. The van der Waals surface area contributed by atoms with Crippen molar-refractivity contribution < 1.29 is 14.3 Å². The van der Waals surface area contributed by atoms with Crippen LogP contribution in [0.3, 0.4) is 0 Å². The molecule has 1 N–H and O–H groups in total. The highest BCUT2D eigenvalue weighted by atomic mass is 79.9. The first kappa shape index (κ1) is 17.5. The fourth-order valence-corrected chi connectivity index (χ4v) is 3.27. The van der Waals surface area contributed by atoms with Gasteiger partial charge < -0.3 is 15.0 Å². The molecule has 0 aromatic heterocycles. The van der Waals surface area contributed by atoms with E-state index in [4.69, 9.17) is 4.74 Å². The van der Waals surface area contributed by atoms with E-state index >= 15 is 0 Å². The molecule has 0 aliphatic carbocycles. The van der Waals surface area contributed by atoms with Gasteiger partial charge in [0.1, 0.15) is 5.75 Å². The summed E-state index contributed by atoms with van der Waals surface area (Å²) in [6.45, 7) is 1.19. The maximum absolute atomic E-state index is 12.4. The lowest BCUT2D eigenvalue weighted by Gasteiger charge is -2.29. The minimum atomic E-state index is -0.256. The molecule has 130 valence electrons. The highest BCUT2D eigenvalue weighted by Gasteiger charge is 2.21. The summed E-state index contributed by atoms with van der Waals surface area (Å²) in [7, 11) is 1.63. The molecule has 5 nitrogen and oxygen atoms in total. The van der Waals surface area contributed by atoms with E-state index in [1.165, 1.54) is 5.56 Å². The van der Waals surface area contributed by atoms with Gasteiger partial charge in [-0.1, -0.05) is 28.1 Å². The van der Waals surface area contributed by atoms with Gasteiger partial charge in [0.2, 0.25) is 5.91 Å². The molecule has 2 aromatic carbocycles. The van der Waals surface area contributed by atoms with Crippen LogP contribution in [-0.4, -0.2) is 36.9 Å². The first-order valence-corrected chi connectivity index (χ1v) is 8.83. The van der Waals surface area contributed by atoms with Crippen molar-refractivity contribution in [1.82, 2.24) is 10.2 Å². The lowest BCUT2D eigenvalue weighted by molar-refractivity contribution is -0.131. The normalized spacial score (nSPS) is 13.1. The van der Waals surface area contributed by atoms with E-state index in [0.717, 1.165) is 22.2 Å². The van der Waals surface area contributed by atoms with Gasteiger partial charge in [-0.2, -0.15) is 0 Å². The highest BCUT2D eigenvalue weighted by molar-refractivity contribution is 9.10. The largest absolute Gasteiger partial charge is 0.497 e. The SMILES string of the molecule is COc1ccc2c(c1)CN(C(=O)CNC(=O)c1cccc(Br)c1)CC2. The van der Waals surface area contributed by atoms with Crippen molar-refractivity contribution in [1.29, 1.82) is 0 Å². The fourth-order valence-electron chi connectivity index (χ4n) is 2.87. The number of benzene rings is 2. The molecule has 0 fully saturated rings. The zero-order valence-corrected chi connectivity index (χ0v) is 15.5. The Balaban J connectivity index is 1.59. The maximum atomic E-state index is 12.4. The fraction of sp³-hybridized carbons (Fsp3) is 0.263. The van der Waals surface area contributed by atoms with Crippen LogP contribution in [0.1, 0.15) is 21.5 Å². The number of amides is 2. The molecular formula is C19H19BrN2O3. The molecule has 1 heterocycles. The van der Waals surface area contributed by atoms with Gasteiger partial charge in [-0.05, 0) is 47.9 Å². The monoisotopic (exact) mass is 402 g/mol. The quantitative estimate of drug-likeness (QED) is 0.854. The average Bonchev–Trinajstić information content (AvgIpc) is 2.64. The topological polar surface area (TPSA) is 58.6 Å². The molecule has 0 bridgehead atoms. The lowest BCUT2D eigenvalue weighted by Crippen LogP contribution is -2.42. The molecular weight excluding hydrogens is 384 g/mol. The number of carbonyl (C=O) groups is 2. The van der Waals surface area contributed by atoms with Gasteiger partial charge in [-0.15, -0.1) is 0 Å². The maximum Gasteiger partial charge on any atom is 0.251 e. The first-order valence-electron chi connectivity index (χ1n) is 8.04. The van der Waals surface area contributed by atoms with Crippen LogP contribution >= 0.6 is 15.9 Å². The molecule has 0 saturated carbocycles. The van der Waals surface area contributed by atoms with Gasteiger partial charge in [0.15, 0.2) is 0 Å². The summed E-state index contributed by atoms with van der Waals surface area (Å²) in [4.78, 5) is 26.3. The van der Waals surface area contributed by atoms with Crippen LogP contribution in [0.15, 0.2) is 46.9 Å². The number of nitrogens with one attached hydrogen (secondary N) is 1. The Morgan fingerprint density at radius 3 is 2.80 bits per heavy atom. The predicted molar refractivity (Wildman–Crippen MR) is 98.6 cm³/mol. The van der Waals surface area contributed by atoms with Crippen LogP contribution in [-0.2, 0) is 17.8 Å². The number of ether oxygens (including phenoxy) is 1. The van der Waals surface area contributed by atoms with Crippen molar-refractivity contribution in [2.45, 2.75) is 13.0 Å². The Hall–Kier alpha value is -2.34. The average molecular weight is 403 g/mol. The van der Waals surface area contributed by atoms with E-state index in [1.807, 2.05) is 24.3 Å². The van der Waals surface area contributed by atoms with Crippen molar-refractivity contribution in [3.8, 4) is 5.75 Å². The Bertz CT molecular complexity index is 807. The second-order valence-electron chi connectivity index (χ2n) is 5.89. The lowest BCUT2D eigenvalue weighted by atomic mass is 9.99. The van der Waals surface area contributed by atoms with E-state index in [0.29, 0.717) is 18.7 Å². The van der Waals surface area contributed by atoms with Crippen LogP contribution in [0.25, 0.3) is 0 Å². The van der Waals surface area contributed by atoms with Gasteiger partial charge in [0.05, 0.1) is 13.7 Å². The van der Waals surface area contributed by atoms with Crippen molar-refractivity contribution in [2.24, 2.45) is 0 Å². The Kier molecular flexibility index (Phi) is 5.38. The van der Waals surface area contributed by atoms with E-state index in [2.05, 4.69) is 21.2 Å². The van der Waals surface area contributed by atoms with Crippen molar-refractivity contribution in [3.63, 3.8) is 0 Å². The number of methoxy groups -OCH3 is 1. The second kappa shape index (κ2) is 7.70. The van der Waals surface area contributed by atoms with Crippen LogP contribution in [0, 0.1) is 0 Å². The van der Waals surface area contributed by atoms with Crippen molar-refractivity contribution in [3.05, 3.63) is 63.6 Å². The smallest absolute Gasteiger partial charge is 0.251 e. The summed E-state index contributed by atoms with van der Waals surface area (Å²) in [6.07, 6.45) is 0.810. The van der Waals surface area contributed by atoms with Crippen LogP contribution in [0.5, 0.6) is 5.75 Å². The minimum Gasteiger partial charge on any atom is -0.497 e. The number of hydrogen-bond donors (Lipinski definition) is 1. The molecule has 3 rings (SSSR count). The van der Waals surface area contributed by atoms with Gasteiger partial charge in [0.25, 0.3) is 5.91 Å². The van der Waals surface area contributed by atoms with E-state index < -0.39 is 0 Å². The molecule has 25 heavy (non-hydrogen) atoms. The number of fused-ring (bicyclic) bond motifs is 1. The molecule has 0 saturated heterocycles. The van der Waals surface area contributed by atoms with Gasteiger partial charge in [-0.3, -0.25) is 9.59 Å². The third-order valence-corrected chi connectivity index (χ3v) is 4.76. The van der Waals surface area contributed by atoms with Gasteiger partial charge in [0, 0.05) is 23.1 Å². The molecule has 0 radical (unpaired) electrons. The molecule has 0 unspecified atom stereocenters. The molecule has 0 atom stereocenters. The minimum absolute atomic E-state index is 0.00928. The van der Waals surface area contributed by atoms with E-state index in [1.54, 1.807) is 30.2 Å². The van der Waals surface area contributed by atoms with Crippen molar-refractivity contribution in [2.75, 3.05) is 20.2 Å². The van der Waals surface area contributed by atoms with E-state index in [-0.39, 0.29) is 18.4 Å². The molecule has 2 aromatic rings. The summed E-state index contributed by atoms with van der Waals surface area (Å²) < 4.78 is 6.08. The number of rotatable bonds is 4. The van der Waals surface area contributed by atoms with Crippen molar-refractivity contribution >= 4 is 27.7 Å². The Morgan fingerprint density at radius 1 is 1.20 bits per heavy atom. The summed E-state index contributed by atoms with van der Waals surface area (Å²) in [5, 5.41) is 2.69. The Morgan fingerprint density at radius 2 is 2.04 bits per heavy atom. The number of nitrogens with zero attached hydrogens (tertiary/aromatic N) is 1. The summed E-state index contributed by atoms with van der Waals surface area (Å²) in [5.41, 5.74) is 2.86. The Labute approximate surface area is 155 Å². The number of halogens is 1. The third kappa shape index (κ3) is 4.20. The number of hydrogen-bond acceptors (Lipinski definition) is 3. The summed E-state index contributed by atoms with van der Waals surface area (Å²) >= 11 is 3.33. The van der Waals surface area contributed by atoms with Gasteiger partial charge in [-0.25, -0.2) is 0 Å². The molecule has 1 aliphatic rings. The second-order valence-corrected chi connectivity index (χ2v) is 6.81.